The molecule has 5 heterocycles. The van der Waals surface area contributed by atoms with Gasteiger partial charge in [0, 0.05) is 47.7 Å². The van der Waals surface area contributed by atoms with Gasteiger partial charge in [0.2, 0.25) is 11.8 Å². The van der Waals surface area contributed by atoms with Crippen molar-refractivity contribution in [1.82, 2.24) is 29.7 Å². The number of H-pyrrole nitrogens is 1. The normalized spacial score (nSPS) is 12.0. The van der Waals surface area contributed by atoms with Crippen LogP contribution in [0.15, 0.2) is 61.2 Å². The van der Waals surface area contributed by atoms with Crippen LogP contribution in [0.25, 0.3) is 27.6 Å². The van der Waals surface area contributed by atoms with Gasteiger partial charge in [0.05, 0.1) is 11.0 Å². The van der Waals surface area contributed by atoms with E-state index in [4.69, 9.17) is 4.74 Å². The Morgan fingerprint density at radius 2 is 1.59 bits per heavy atom. The van der Waals surface area contributed by atoms with Crippen LogP contribution in [0.3, 0.4) is 0 Å². The molecule has 0 radical (unpaired) electrons. The van der Waals surface area contributed by atoms with Crippen LogP contribution in [-0.4, -0.2) is 29.7 Å². The zero-order chi connectivity index (χ0) is 20.0. The molecule has 7 nitrogen and oxygen atoms in total. The van der Waals surface area contributed by atoms with E-state index in [-0.39, 0.29) is 11.8 Å². The maximum absolute atomic E-state index is 12.7. The summed E-state index contributed by atoms with van der Waals surface area (Å²) < 4.78 is 45.5. The fourth-order valence-corrected chi connectivity index (χ4v) is 3.15. The third-order valence-electron chi connectivity index (χ3n) is 4.37. The van der Waals surface area contributed by atoms with Crippen LogP contribution < -0.4 is 4.74 Å². The van der Waals surface area contributed by atoms with Crippen LogP contribution in [0, 0.1) is 0 Å². The molecule has 0 saturated heterocycles. The van der Waals surface area contributed by atoms with E-state index in [1.165, 1.54) is 0 Å². The molecule has 0 saturated carbocycles. The van der Waals surface area contributed by atoms with E-state index in [1.807, 2.05) is 21.8 Å². The fourth-order valence-electron chi connectivity index (χ4n) is 3.15. The van der Waals surface area contributed by atoms with Crippen LogP contribution >= 0.6 is 0 Å². The van der Waals surface area contributed by atoms with Gasteiger partial charge in [-0.1, -0.05) is 6.07 Å². The van der Waals surface area contributed by atoms with Gasteiger partial charge in [-0.25, -0.2) is 0 Å². The van der Waals surface area contributed by atoms with Crippen molar-refractivity contribution in [2.24, 2.45) is 0 Å². The van der Waals surface area contributed by atoms with Crippen LogP contribution in [0.5, 0.6) is 11.8 Å². The summed E-state index contributed by atoms with van der Waals surface area (Å²) in [5, 5.41) is 7.27. The molecule has 0 aliphatic heterocycles. The lowest BCUT2D eigenvalue weighted by atomic mass is 10.2. The number of ether oxygens (including phenoxy) is 1. The lowest BCUT2D eigenvalue weighted by molar-refractivity contribution is -0.141. The molecule has 0 bridgehead atoms. The van der Waals surface area contributed by atoms with E-state index in [2.05, 4.69) is 20.1 Å². The molecule has 5 aromatic heterocycles. The number of rotatable bonds is 3. The molecule has 5 aromatic rings. The average Bonchev–Trinajstić information content (AvgIpc) is 3.31. The zero-order valence-electron chi connectivity index (χ0n) is 14.6. The highest BCUT2D eigenvalue weighted by Crippen LogP contribution is 2.32. The molecule has 10 heteroatoms. The largest absolute Gasteiger partial charge is 0.432 e. The van der Waals surface area contributed by atoms with Crippen molar-refractivity contribution in [3.05, 3.63) is 66.9 Å². The van der Waals surface area contributed by atoms with Crippen molar-refractivity contribution in [2.45, 2.75) is 6.18 Å². The van der Waals surface area contributed by atoms with Gasteiger partial charge in [-0.3, -0.25) is 19.6 Å². The summed E-state index contributed by atoms with van der Waals surface area (Å²) in [6.07, 6.45) is 2.31. The molecule has 144 valence electrons. The van der Waals surface area contributed by atoms with Crippen LogP contribution in [0.4, 0.5) is 13.2 Å². The lowest BCUT2D eigenvalue weighted by Crippen LogP contribution is -2.04. The van der Waals surface area contributed by atoms with Gasteiger partial charge in [0.1, 0.15) is 11.5 Å². The van der Waals surface area contributed by atoms with Gasteiger partial charge in [-0.05, 0) is 18.2 Å². The van der Waals surface area contributed by atoms with Crippen molar-refractivity contribution < 1.29 is 17.9 Å². The number of nitrogens with zero attached hydrogens (tertiary/aromatic N) is 5. The highest BCUT2D eigenvalue weighted by Gasteiger charge is 2.33. The fraction of sp³-hybridized carbons (Fsp3) is 0.0526. The van der Waals surface area contributed by atoms with Crippen molar-refractivity contribution in [3.8, 4) is 17.6 Å². The topological polar surface area (TPSA) is 81.5 Å². The zero-order valence-corrected chi connectivity index (χ0v) is 14.6. The summed E-state index contributed by atoms with van der Waals surface area (Å²) in [5.41, 5.74) is 0.740. The van der Waals surface area contributed by atoms with Gasteiger partial charge in [-0.15, -0.1) is 5.10 Å². The second kappa shape index (κ2) is 6.30. The van der Waals surface area contributed by atoms with Gasteiger partial charge >= 0.3 is 6.18 Å². The van der Waals surface area contributed by atoms with E-state index in [9.17, 15) is 13.2 Å². The maximum atomic E-state index is 12.7. The summed E-state index contributed by atoms with van der Waals surface area (Å²) >= 11 is 0. The minimum atomic E-state index is -4.53. The standard InChI is InChI=1S/C19H11F3N6O/c20-19(21,22)15-8-18(27-26-15)29-17-3-1-2-16(25-17)28-13-4-6-23-9-11(13)12-10-24-7-5-14(12)28/h1-10H,(H,26,27). The number of aromatic amines is 1. The number of hydrogen-bond acceptors (Lipinski definition) is 5. The number of aromatic nitrogens is 6. The SMILES string of the molecule is FC(F)(F)c1cc(Oc2cccc(-n3c4ccncc4c4cnccc43)n2)n[nH]1. The van der Waals surface area contributed by atoms with Gasteiger partial charge < -0.3 is 4.74 Å². The van der Waals surface area contributed by atoms with E-state index >= 15 is 0 Å². The smallest absolute Gasteiger partial charge is 0.419 e. The predicted molar refractivity (Wildman–Crippen MR) is 97.8 cm³/mol. The second-order valence-electron chi connectivity index (χ2n) is 6.17. The molecule has 0 fully saturated rings. The van der Waals surface area contributed by atoms with Crippen molar-refractivity contribution >= 4 is 21.8 Å². The minimum absolute atomic E-state index is 0.112. The first-order valence-electron chi connectivity index (χ1n) is 8.47. The molecule has 0 atom stereocenters. The first-order chi connectivity index (χ1) is 14.0. The van der Waals surface area contributed by atoms with Crippen LogP contribution in [-0.2, 0) is 6.18 Å². The molecule has 0 aliphatic carbocycles. The molecule has 1 N–H and O–H groups in total. The third-order valence-corrected chi connectivity index (χ3v) is 4.37. The molecule has 0 aliphatic rings. The number of pyridine rings is 3. The monoisotopic (exact) mass is 396 g/mol. The molecule has 0 spiro atoms. The average molecular weight is 396 g/mol. The first kappa shape index (κ1) is 17.2. The molecule has 5 rings (SSSR count). The minimum Gasteiger partial charge on any atom is -0.419 e. The first-order valence-corrected chi connectivity index (χ1v) is 8.47. The Bertz CT molecular complexity index is 1290. The Morgan fingerprint density at radius 3 is 2.21 bits per heavy atom. The number of fused-ring (bicyclic) bond motifs is 3. The summed E-state index contributed by atoms with van der Waals surface area (Å²) in [4.78, 5) is 12.8. The van der Waals surface area contributed by atoms with Crippen molar-refractivity contribution in [3.63, 3.8) is 0 Å². The summed E-state index contributed by atoms with van der Waals surface area (Å²) in [6.45, 7) is 0. The second-order valence-corrected chi connectivity index (χ2v) is 6.17. The number of hydrogen-bond donors (Lipinski definition) is 1. The van der Waals surface area contributed by atoms with Crippen molar-refractivity contribution in [1.29, 1.82) is 0 Å². The molecular formula is C19H11F3N6O. The highest BCUT2D eigenvalue weighted by atomic mass is 19.4. The van der Waals surface area contributed by atoms with E-state index < -0.39 is 11.9 Å². The summed E-state index contributed by atoms with van der Waals surface area (Å²) in [7, 11) is 0. The molecule has 0 aromatic carbocycles. The Hall–Kier alpha value is -3.95. The van der Waals surface area contributed by atoms with E-state index in [0.29, 0.717) is 5.82 Å². The number of halogens is 3. The summed E-state index contributed by atoms with van der Waals surface area (Å²) in [6, 6.07) is 9.52. The maximum Gasteiger partial charge on any atom is 0.432 e. The van der Waals surface area contributed by atoms with Gasteiger partial charge in [0.15, 0.2) is 0 Å². The lowest BCUT2D eigenvalue weighted by Gasteiger charge is -2.08. The Balaban J connectivity index is 1.59. The van der Waals surface area contributed by atoms with E-state index in [1.54, 1.807) is 43.0 Å². The Kier molecular flexibility index (Phi) is 3.73. The predicted octanol–water partition coefficient (Wildman–Crippen LogP) is 4.50. The Labute approximate surface area is 160 Å². The van der Waals surface area contributed by atoms with Gasteiger partial charge in [-0.2, -0.15) is 18.2 Å². The molecule has 29 heavy (non-hydrogen) atoms. The van der Waals surface area contributed by atoms with Crippen molar-refractivity contribution in [2.75, 3.05) is 0 Å². The molecule has 0 unspecified atom stereocenters. The molecule has 0 amide bonds. The number of alkyl halides is 3. The van der Waals surface area contributed by atoms with Crippen LogP contribution in [0.2, 0.25) is 0 Å². The quantitative estimate of drug-likeness (QED) is 0.486. The Morgan fingerprint density at radius 1 is 0.897 bits per heavy atom. The number of nitrogens with one attached hydrogen (secondary N) is 1. The highest BCUT2D eigenvalue weighted by molar-refractivity contribution is 6.08. The summed E-state index contributed by atoms with van der Waals surface area (Å²) in [5.74, 6) is 0.421. The molecular weight excluding hydrogens is 385 g/mol. The third kappa shape index (κ3) is 2.94. The van der Waals surface area contributed by atoms with Gasteiger partial charge in [0.25, 0.3) is 0 Å². The van der Waals surface area contributed by atoms with E-state index in [0.717, 1.165) is 27.9 Å². The van der Waals surface area contributed by atoms with Crippen LogP contribution in [0.1, 0.15) is 5.69 Å².